The van der Waals surface area contributed by atoms with E-state index < -0.39 is 0 Å². The number of rotatable bonds is 8. The molecule has 0 saturated heterocycles. The molecular formula is C20H19Cl2N3OS. The smallest absolute Gasteiger partial charge is 0.220 e. The van der Waals surface area contributed by atoms with Gasteiger partial charge in [-0.25, -0.2) is 4.98 Å². The predicted octanol–water partition coefficient (Wildman–Crippen LogP) is 5.19. The van der Waals surface area contributed by atoms with Gasteiger partial charge in [0.2, 0.25) is 5.91 Å². The largest absolute Gasteiger partial charge is 0.356 e. The number of pyridine rings is 1. The van der Waals surface area contributed by atoms with Crippen molar-refractivity contribution < 1.29 is 4.79 Å². The highest BCUT2D eigenvalue weighted by Gasteiger charge is 2.07. The zero-order chi connectivity index (χ0) is 19.1. The summed E-state index contributed by atoms with van der Waals surface area (Å²) >= 11 is 13.7. The molecule has 0 atom stereocenters. The van der Waals surface area contributed by atoms with Crippen molar-refractivity contribution in [2.24, 2.45) is 0 Å². The lowest BCUT2D eigenvalue weighted by molar-refractivity contribution is -0.121. The van der Waals surface area contributed by atoms with Crippen LogP contribution in [0.5, 0.6) is 0 Å². The SMILES string of the molecule is O=C(CCc1ccc(Cl)cc1Cl)NCCCc1nc(-c2ccncc2)cs1. The van der Waals surface area contributed by atoms with E-state index in [4.69, 9.17) is 23.2 Å². The van der Waals surface area contributed by atoms with E-state index in [1.807, 2.05) is 18.2 Å². The number of aryl methyl sites for hydroxylation is 2. The van der Waals surface area contributed by atoms with Crippen molar-refractivity contribution in [3.8, 4) is 11.3 Å². The van der Waals surface area contributed by atoms with Gasteiger partial charge < -0.3 is 5.32 Å². The van der Waals surface area contributed by atoms with E-state index in [1.54, 1.807) is 35.9 Å². The summed E-state index contributed by atoms with van der Waals surface area (Å²) < 4.78 is 0. The number of aromatic nitrogens is 2. The van der Waals surface area contributed by atoms with Crippen molar-refractivity contribution >= 4 is 40.4 Å². The highest BCUT2D eigenvalue weighted by Crippen LogP contribution is 2.23. The lowest BCUT2D eigenvalue weighted by Crippen LogP contribution is -2.25. The molecule has 0 spiro atoms. The first-order valence-electron chi connectivity index (χ1n) is 8.67. The molecule has 0 bridgehead atoms. The summed E-state index contributed by atoms with van der Waals surface area (Å²) in [4.78, 5) is 20.7. The Morgan fingerprint density at radius 1 is 1.11 bits per heavy atom. The van der Waals surface area contributed by atoms with Crippen LogP contribution in [0.25, 0.3) is 11.3 Å². The third-order valence-electron chi connectivity index (χ3n) is 4.05. The second-order valence-corrected chi connectivity index (χ2v) is 7.84. The van der Waals surface area contributed by atoms with Crippen LogP contribution in [0.15, 0.2) is 48.1 Å². The van der Waals surface area contributed by atoms with Crippen LogP contribution >= 0.6 is 34.5 Å². The van der Waals surface area contributed by atoms with Crippen molar-refractivity contribution in [3.05, 3.63) is 68.7 Å². The molecule has 2 heterocycles. The second-order valence-electron chi connectivity index (χ2n) is 6.05. The highest BCUT2D eigenvalue weighted by atomic mass is 35.5. The zero-order valence-corrected chi connectivity index (χ0v) is 16.9. The maximum Gasteiger partial charge on any atom is 0.220 e. The lowest BCUT2D eigenvalue weighted by Gasteiger charge is -2.06. The molecule has 1 N–H and O–H groups in total. The Morgan fingerprint density at radius 2 is 1.93 bits per heavy atom. The van der Waals surface area contributed by atoms with Crippen LogP contribution in [0.1, 0.15) is 23.4 Å². The van der Waals surface area contributed by atoms with Gasteiger partial charge in [-0.2, -0.15) is 0 Å². The van der Waals surface area contributed by atoms with Gasteiger partial charge in [0, 0.05) is 52.8 Å². The molecule has 3 aromatic rings. The minimum atomic E-state index is 0.0256. The van der Waals surface area contributed by atoms with E-state index in [1.165, 1.54) is 0 Å². The van der Waals surface area contributed by atoms with Crippen molar-refractivity contribution in [1.82, 2.24) is 15.3 Å². The number of nitrogens with one attached hydrogen (secondary N) is 1. The average Bonchev–Trinajstić information content (AvgIpc) is 3.14. The Labute approximate surface area is 172 Å². The molecule has 0 saturated carbocycles. The molecule has 0 radical (unpaired) electrons. The number of hydrogen-bond acceptors (Lipinski definition) is 4. The normalized spacial score (nSPS) is 10.7. The Kier molecular flexibility index (Phi) is 7.21. The number of carbonyl (C=O) groups is 1. The number of benzene rings is 1. The van der Waals surface area contributed by atoms with Gasteiger partial charge in [-0.3, -0.25) is 9.78 Å². The standard InChI is InChI=1S/C20H19Cl2N3OS/c21-16-5-3-14(17(22)12-16)4-6-19(26)24-9-1-2-20-25-18(13-27-20)15-7-10-23-11-8-15/h3,5,7-8,10-13H,1-2,4,6,9H2,(H,24,26). The summed E-state index contributed by atoms with van der Waals surface area (Å²) in [6, 6.07) is 9.25. The summed E-state index contributed by atoms with van der Waals surface area (Å²) in [7, 11) is 0. The number of hydrogen-bond donors (Lipinski definition) is 1. The van der Waals surface area contributed by atoms with Gasteiger partial charge in [0.25, 0.3) is 0 Å². The van der Waals surface area contributed by atoms with E-state index in [9.17, 15) is 4.79 Å². The maximum absolute atomic E-state index is 12.0. The van der Waals surface area contributed by atoms with Crippen LogP contribution < -0.4 is 5.32 Å². The van der Waals surface area contributed by atoms with Gasteiger partial charge in [-0.15, -0.1) is 11.3 Å². The van der Waals surface area contributed by atoms with Gasteiger partial charge in [0.1, 0.15) is 0 Å². The maximum atomic E-state index is 12.0. The minimum absolute atomic E-state index is 0.0256. The fourth-order valence-electron chi connectivity index (χ4n) is 2.61. The molecule has 7 heteroatoms. The summed E-state index contributed by atoms with van der Waals surface area (Å²) in [5.41, 5.74) is 2.98. The predicted molar refractivity (Wildman–Crippen MR) is 111 cm³/mol. The first-order chi connectivity index (χ1) is 13.1. The van der Waals surface area contributed by atoms with Gasteiger partial charge in [-0.05, 0) is 42.7 Å². The number of carbonyl (C=O) groups excluding carboxylic acids is 1. The van der Waals surface area contributed by atoms with Gasteiger partial charge in [-0.1, -0.05) is 29.3 Å². The molecule has 140 valence electrons. The zero-order valence-electron chi connectivity index (χ0n) is 14.6. The number of halogens is 2. The van der Waals surface area contributed by atoms with Crippen molar-refractivity contribution in [2.45, 2.75) is 25.7 Å². The summed E-state index contributed by atoms with van der Waals surface area (Å²) in [5, 5.41) is 7.28. The van der Waals surface area contributed by atoms with Crippen molar-refractivity contribution in [1.29, 1.82) is 0 Å². The van der Waals surface area contributed by atoms with Gasteiger partial charge in [0.15, 0.2) is 0 Å². The molecule has 3 rings (SSSR count). The van der Waals surface area contributed by atoms with Crippen LogP contribution in [0.4, 0.5) is 0 Å². The van der Waals surface area contributed by atoms with E-state index in [-0.39, 0.29) is 5.91 Å². The Hall–Kier alpha value is -1.95. The van der Waals surface area contributed by atoms with Crippen molar-refractivity contribution in [3.63, 3.8) is 0 Å². The summed E-state index contributed by atoms with van der Waals surface area (Å²) in [6.45, 7) is 0.636. The first kappa shape index (κ1) is 19.8. The molecule has 1 amide bonds. The van der Waals surface area contributed by atoms with Crippen LogP contribution in [0.2, 0.25) is 10.0 Å². The van der Waals surface area contributed by atoms with Crippen LogP contribution in [-0.2, 0) is 17.6 Å². The van der Waals surface area contributed by atoms with Gasteiger partial charge in [0.05, 0.1) is 10.7 Å². The monoisotopic (exact) mass is 419 g/mol. The fourth-order valence-corrected chi connectivity index (χ4v) is 3.96. The van der Waals surface area contributed by atoms with E-state index in [0.717, 1.165) is 34.7 Å². The molecule has 0 aliphatic carbocycles. The van der Waals surface area contributed by atoms with E-state index >= 15 is 0 Å². The molecule has 0 aliphatic heterocycles. The van der Waals surface area contributed by atoms with Crippen LogP contribution in [0.3, 0.4) is 0 Å². The first-order valence-corrected chi connectivity index (χ1v) is 10.3. The van der Waals surface area contributed by atoms with Crippen LogP contribution in [0, 0.1) is 0 Å². The summed E-state index contributed by atoms with van der Waals surface area (Å²) in [5.74, 6) is 0.0256. The average molecular weight is 420 g/mol. The van der Waals surface area contributed by atoms with E-state index in [2.05, 4.69) is 20.7 Å². The topological polar surface area (TPSA) is 54.9 Å². The van der Waals surface area contributed by atoms with E-state index in [0.29, 0.717) is 29.4 Å². The minimum Gasteiger partial charge on any atom is -0.356 e. The van der Waals surface area contributed by atoms with Gasteiger partial charge >= 0.3 is 0 Å². The quantitative estimate of drug-likeness (QED) is 0.510. The molecule has 27 heavy (non-hydrogen) atoms. The Bertz CT molecular complexity index is 899. The Balaban J connectivity index is 1.37. The lowest BCUT2D eigenvalue weighted by atomic mass is 10.1. The number of thiazole rings is 1. The molecule has 2 aromatic heterocycles. The fraction of sp³-hybridized carbons (Fsp3) is 0.250. The van der Waals surface area contributed by atoms with Crippen LogP contribution in [-0.4, -0.2) is 22.4 Å². The molecule has 0 unspecified atom stereocenters. The van der Waals surface area contributed by atoms with Crippen molar-refractivity contribution in [2.75, 3.05) is 6.54 Å². The summed E-state index contributed by atoms with van der Waals surface area (Å²) in [6.07, 6.45) is 6.24. The molecule has 1 aromatic carbocycles. The second kappa shape index (κ2) is 9.83. The molecule has 0 aliphatic rings. The molecular weight excluding hydrogens is 401 g/mol. The molecule has 0 fully saturated rings. The highest BCUT2D eigenvalue weighted by molar-refractivity contribution is 7.09. The third kappa shape index (κ3) is 6.03. The number of nitrogens with zero attached hydrogens (tertiary/aromatic N) is 2. The number of amides is 1. The Morgan fingerprint density at radius 3 is 2.70 bits per heavy atom. The molecule has 4 nitrogen and oxygen atoms in total. The third-order valence-corrected chi connectivity index (χ3v) is 5.55.